The Labute approximate surface area is 140 Å². The van der Waals surface area contributed by atoms with E-state index in [1.165, 1.54) is 16.7 Å². The highest BCUT2D eigenvalue weighted by Gasteiger charge is 2.57. The van der Waals surface area contributed by atoms with E-state index in [4.69, 9.17) is 4.74 Å². The molecule has 0 amide bonds. The zero-order chi connectivity index (χ0) is 16.9. The summed E-state index contributed by atoms with van der Waals surface area (Å²) < 4.78 is 34.1. The van der Waals surface area contributed by atoms with Crippen molar-refractivity contribution in [3.8, 4) is 0 Å². The van der Waals surface area contributed by atoms with Crippen LogP contribution in [0.15, 0.2) is 17.3 Å². The molecule has 0 spiro atoms. The van der Waals surface area contributed by atoms with Gasteiger partial charge < -0.3 is 9.84 Å². The maximum absolute atomic E-state index is 12.9. The lowest BCUT2D eigenvalue weighted by molar-refractivity contribution is -0.149. The summed E-state index contributed by atoms with van der Waals surface area (Å²) in [6, 6.07) is 0.0669. The fraction of sp³-hybridized carbons (Fsp3) is 0.733. The van der Waals surface area contributed by atoms with Gasteiger partial charge in [0.15, 0.2) is 0 Å². The third-order valence-electron chi connectivity index (χ3n) is 5.76. The Balaban J connectivity index is 1.59. The average Bonchev–Trinajstić information content (AvgIpc) is 3.28. The fourth-order valence-corrected chi connectivity index (χ4v) is 5.81. The molecule has 2 aliphatic heterocycles. The number of aromatic nitrogens is 2. The molecule has 132 valence electrons. The van der Waals surface area contributed by atoms with Crippen molar-refractivity contribution in [1.29, 1.82) is 0 Å². The average molecular weight is 355 g/mol. The SMILES string of the molecule is O=C(O)[C@@]12CCC[C@H]1CN(S(=O)(=O)c1cnn(C3CCOC3)c1)C2. The van der Waals surface area contributed by atoms with E-state index in [1.807, 2.05) is 0 Å². The number of carbonyl (C=O) groups is 1. The molecular weight excluding hydrogens is 334 g/mol. The van der Waals surface area contributed by atoms with Crippen LogP contribution in [0.4, 0.5) is 0 Å². The first-order valence-corrected chi connectivity index (χ1v) is 9.73. The molecule has 1 aromatic rings. The van der Waals surface area contributed by atoms with Crippen LogP contribution in [0.25, 0.3) is 0 Å². The fourth-order valence-electron chi connectivity index (χ4n) is 4.31. The molecule has 1 unspecified atom stereocenters. The lowest BCUT2D eigenvalue weighted by atomic mass is 9.81. The molecule has 1 aromatic heterocycles. The second-order valence-corrected chi connectivity index (χ2v) is 8.96. The van der Waals surface area contributed by atoms with E-state index in [2.05, 4.69) is 5.10 Å². The number of ether oxygens (including phenoxy) is 1. The van der Waals surface area contributed by atoms with Gasteiger partial charge in [0.2, 0.25) is 10.0 Å². The summed E-state index contributed by atoms with van der Waals surface area (Å²) in [6.07, 6.45) is 5.89. The van der Waals surface area contributed by atoms with E-state index in [0.29, 0.717) is 19.6 Å². The van der Waals surface area contributed by atoms with Crippen molar-refractivity contribution in [2.45, 2.75) is 36.6 Å². The van der Waals surface area contributed by atoms with E-state index in [0.717, 1.165) is 19.3 Å². The van der Waals surface area contributed by atoms with Gasteiger partial charge in [-0.1, -0.05) is 6.42 Å². The maximum Gasteiger partial charge on any atom is 0.311 e. The first kappa shape index (κ1) is 16.0. The van der Waals surface area contributed by atoms with E-state index in [1.54, 1.807) is 4.68 Å². The molecule has 1 N–H and O–H groups in total. The van der Waals surface area contributed by atoms with Gasteiger partial charge in [-0.25, -0.2) is 8.42 Å². The number of carboxylic acids is 1. The summed E-state index contributed by atoms with van der Waals surface area (Å²) in [5.74, 6) is -0.968. The van der Waals surface area contributed by atoms with Crippen molar-refractivity contribution in [2.24, 2.45) is 11.3 Å². The Kier molecular flexibility index (Phi) is 3.70. The lowest BCUT2D eigenvalue weighted by Crippen LogP contribution is -2.37. The minimum atomic E-state index is -3.72. The molecule has 1 saturated carbocycles. The standard InChI is InChI=1S/C15H21N3O5S/c19-14(20)15-4-1-2-11(15)7-17(10-15)24(21,22)13-6-16-18(8-13)12-3-5-23-9-12/h6,8,11-12H,1-5,7,9-10H2,(H,19,20)/t11-,12?,15+/m0/s1. The Hall–Kier alpha value is -1.45. The van der Waals surface area contributed by atoms with Crippen molar-refractivity contribution >= 4 is 16.0 Å². The molecule has 8 nitrogen and oxygen atoms in total. The summed E-state index contributed by atoms with van der Waals surface area (Å²) in [5, 5.41) is 13.8. The first-order chi connectivity index (χ1) is 11.4. The van der Waals surface area contributed by atoms with Crippen LogP contribution < -0.4 is 0 Å². The van der Waals surface area contributed by atoms with Crippen molar-refractivity contribution < 1.29 is 23.1 Å². The molecule has 3 aliphatic rings. The summed E-state index contributed by atoms with van der Waals surface area (Å²) in [5.41, 5.74) is -0.914. The van der Waals surface area contributed by atoms with E-state index in [9.17, 15) is 18.3 Å². The van der Waals surface area contributed by atoms with Crippen LogP contribution in [0.3, 0.4) is 0 Å². The van der Waals surface area contributed by atoms with Gasteiger partial charge in [-0.05, 0) is 25.2 Å². The van der Waals surface area contributed by atoms with Crippen molar-refractivity contribution in [3.63, 3.8) is 0 Å². The lowest BCUT2D eigenvalue weighted by Gasteiger charge is -2.23. The highest BCUT2D eigenvalue weighted by atomic mass is 32.2. The van der Waals surface area contributed by atoms with Crippen LogP contribution in [0.2, 0.25) is 0 Å². The minimum absolute atomic E-state index is 0.0626. The van der Waals surface area contributed by atoms with Crippen LogP contribution in [0, 0.1) is 11.3 Å². The van der Waals surface area contributed by atoms with E-state index < -0.39 is 21.4 Å². The molecule has 3 atom stereocenters. The van der Waals surface area contributed by atoms with Gasteiger partial charge in [-0.15, -0.1) is 0 Å². The van der Waals surface area contributed by atoms with Crippen LogP contribution in [-0.4, -0.2) is 59.9 Å². The summed E-state index contributed by atoms with van der Waals surface area (Å²) in [7, 11) is -3.72. The number of hydrogen-bond acceptors (Lipinski definition) is 5. The number of sulfonamides is 1. The second kappa shape index (κ2) is 5.53. The zero-order valence-corrected chi connectivity index (χ0v) is 14.1. The van der Waals surface area contributed by atoms with Gasteiger partial charge in [-0.3, -0.25) is 9.48 Å². The molecule has 9 heteroatoms. The van der Waals surface area contributed by atoms with Gasteiger partial charge in [-0.2, -0.15) is 9.40 Å². The van der Waals surface area contributed by atoms with Crippen LogP contribution in [-0.2, 0) is 19.6 Å². The quantitative estimate of drug-likeness (QED) is 0.854. The second-order valence-electron chi connectivity index (χ2n) is 7.02. The topological polar surface area (TPSA) is 102 Å². The predicted octanol–water partition coefficient (Wildman–Crippen LogP) is 0.720. The van der Waals surface area contributed by atoms with E-state index in [-0.39, 0.29) is 29.9 Å². The Morgan fingerprint density at radius 3 is 2.92 bits per heavy atom. The number of carboxylic acid groups (broad SMARTS) is 1. The van der Waals surface area contributed by atoms with Crippen LogP contribution in [0.5, 0.6) is 0 Å². The first-order valence-electron chi connectivity index (χ1n) is 8.29. The number of rotatable bonds is 4. The van der Waals surface area contributed by atoms with E-state index >= 15 is 0 Å². The summed E-state index contributed by atoms with van der Waals surface area (Å²) >= 11 is 0. The number of aliphatic carboxylic acids is 1. The third-order valence-corrected chi connectivity index (χ3v) is 7.53. The molecule has 4 rings (SSSR count). The molecule has 24 heavy (non-hydrogen) atoms. The Morgan fingerprint density at radius 2 is 2.25 bits per heavy atom. The van der Waals surface area contributed by atoms with Gasteiger partial charge in [0.25, 0.3) is 0 Å². The number of hydrogen-bond donors (Lipinski definition) is 1. The summed E-state index contributed by atoms with van der Waals surface area (Å²) in [6.45, 7) is 1.54. The van der Waals surface area contributed by atoms with Crippen molar-refractivity contribution in [3.05, 3.63) is 12.4 Å². The van der Waals surface area contributed by atoms with Gasteiger partial charge in [0, 0.05) is 25.9 Å². The molecule has 3 heterocycles. The minimum Gasteiger partial charge on any atom is -0.481 e. The maximum atomic E-state index is 12.9. The monoisotopic (exact) mass is 355 g/mol. The highest BCUT2D eigenvalue weighted by Crippen LogP contribution is 2.50. The molecule has 0 radical (unpaired) electrons. The van der Waals surface area contributed by atoms with Gasteiger partial charge >= 0.3 is 5.97 Å². The Morgan fingerprint density at radius 1 is 1.42 bits per heavy atom. The van der Waals surface area contributed by atoms with Gasteiger partial charge in [0.05, 0.1) is 24.3 Å². The molecule has 3 fully saturated rings. The normalized spacial score (nSPS) is 33.8. The Bertz CT molecular complexity index is 755. The number of fused-ring (bicyclic) bond motifs is 1. The van der Waals surface area contributed by atoms with Crippen LogP contribution in [0.1, 0.15) is 31.7 Å². The largest absolute Gasteiger partial charge is 0.481 e. The van der Waals surface area contributed by atoms with Crippen molar-refractivity contribution in [2.75, 3.05) is 26.3 Å². The van der Waals surface area contributed by atoms with Crippen molar-refractivity contribution in [1.82, 2.24) is 14.1 Å². The zero-order valence-electron chi connectivity index (χ0n) is 13.3. The highest BCUT2D eigenvalue weighted by molar-refractivity contribution is 7.89. The molecule has 0 bridgehead atoms. The molecule has 2 saturated heterocycles. The molecule has 1 aliphatic carbocycles. The predicted molar refractivity (Wildman–Crippen MR) is 82.9 cm³/mol. The number of nitrogens with zero attached hydrogens (tertiary/aromatic N) is 3. The summed E-state index contributed by atoms with van der Waals surface area (Å²) in [4.78, 5) is 11.9. The van der Waals surface area contributed by atoms with Gasteiger partial charge in [0.1, 0.15) is 4.90 Å². The molecule has 0 aromatic carbocycles. The third kappa shape index (κ3) is 2.29. The molecular formula is C15H21N3O5S. The van der Waals surface area contributed by atoms with Crippen LogP contribution >= 0.6 is 0 Å². The smallest absolute Gasteiger partial charge is 0.311 e.